The van der Waals surface area contributed by atoms with Crippen molar-refractivity contribution in [3.63, 3.8) is 0 Å². The van der Waals surface area contributed by atoms with Crippen molar-refractivity contribution < 1.29 is 0 Å². The van der Waals surface area contributed by atoms with Crippen LogP contribution in [0, 0.1) is 0 Å². The Kier molecular flexibility index (Phi) is 5.07. The molecule has 2 heterocycles. The number of rotatable bonds is 5. The van der Waals surface area contributed by atoms with Gasteiger partial charge in [-0.3, -0.25) is 4.79 Å². The quantitative estimate of drug-likeness (QED) is 0.491. The van der Waals surface area contributed by atoms with E-state index in [-0.39, 0.29) is 11.6 Å². The Bertz CT molecular complexity index is 1140. The fourth-order valence-corrected chi connectivity index (χ4v) is 4.22. The highest BCUT2D eigenvalue weighted by molar-refractivity contribution is 7.17. The zero-order valence-corrected chi connectivity index (χ0v) is 16.3. The Labute approximate surface area is 165 Å². The highest BCUT2D eigenvalue weighted by Gasteiger charge is 2.13. The van der Waals surface area contributed by atoms with Crippen LogP contribution in [-0.2, 0) is 6.54 Å². The SMILES string of the molecule is C[C@H](NCc1nc2scc(-c3ccccc3)c2c(=O)[nH]1)c1cccc(Cl)c1. The van der Waals surface area contributed by atoms with Gasteiger partial charge in [0.15, 0.2) is 0 Å². The number of halogens is 1. The molecule has 0 saturated heterocycles. The summed E-state index contributed by atoms with van der Waals surface area (Å²) in [5.74, 6) is 0.628. The zero-order chi connectivity index (χ0) is 18.8. The molecule has 0 radical (unpaired) electrons. The minimum absolute atomic E-state index is 0.0907. The number of aromatic amines is 1. The highest BCUT2D eigenvalue weighted by Crippen LogP contribution is 2.30. The third kappa shape index (κ3) is 3.81. The van der Waals surface area contributed by atoms with Gasteiger partial charge in [0.25, 0.3) is 5.56 Å². The van der Waals surface area contributed by atoms with Crippen molar-refractivity contribution in [1.82, 2.24) is 15.3 Å². The van der Waals surface area contributed by atoms with Crippen molar-refractivity contribution in [1.29, 1.82) is 0 Å². The molecule has 1 atom stereocenters. The summed E-state index contributed by atoms with van der Waals surface area (Å²) in [7, 11) is 0. The second kappa shape index (κ2) is 7.64. The van der Waals surface area contributed by atoms with Crippen molar-refractivity contribution in [2.24, 2.45) is 0 Å². The fourth-order valence-electron chi connectivity index (χ4n) is 3.05. The van der Waals surface area contributed by atoms with Crippen molar-refractivity contribution in [2.75, 3.05) is 0 Å². The number of nitrogens with zero attached hydrogens (tertiary/aromatic N) is 1. The minimum atomic E-state index is -0.104. The van der Waals surface area contributed by atoms with E-state index in [1.807, 2.05) is 60.0 Å². The Morgan fingerprint density at radius 3 is 2.78 bits per heavy atom. The molecule has 27 heavy (non-hydrogen) atoms. The molecular weight excluding hydrogens is 378 g/mol. The zero-order valence-electron chi connectivity index (χ0n) is 14.7. The van der Waals surface area contributed by atoms with Crippen molar-refractivity contribution >= 4 is 33.2 Å². The molecule has 6 heteroatoms. The molecule has 0 saturated carbocycles. The molecular formula is C21H18ClN3OS. The second-order valence-corrected chi connectivity index (χ2v) is 7.66. The van der Waals surface area contributed by atoms with E-state index in [2.05, 4.69) is 22.2 Å². The molecule has 0 aliphatic carbocycles. The van der Waals surface area contributed by atoms with Crippen LogP contribution in [0.2, 0.25) is 5.02 Å². The molecule has 0 aliphatic heterocycles. The molecule has 4 aromatic rings. The van der Waals surface area contributed by atoms with Crippen LogP contribution < -0.4 is 10.9 Å². The number of aromatic nitrogens is 2. The van der Waals surface area contributed by atoms with Gasteiger partial charge in [-0.25, -0.2) is 4.98 Å². The van der Waals surface area contributed by atoms with Gasteiger partial charge in [-0.2, -0.15) is 0 Å². The Morgan fingerprint density at radius 2 is 2.00 bits per heavy atom. The lowest BCUT2D eigenvalue weighted by Gasteiger charge is -2.14. The van der Waals surface area contributed by atoms with Gasteiger partial charge in [-0.1, -0.05) is 54.1 Å². The maximum Gasteiger partial charge on any atom is 0.260 e. The number of H-pyrrole nitrogens is 1. The van der Waals surface area contributed by atoms with Crippen LogP contribution in [-0.4, -0.2) is 9.97 Å². The van der Waals surface area contributed by atoms with Gasteiger partial charge < -0.3 is 10.3 Å². The molecule has 2 N–H and O–H groups in total. The summed E-state index contributed by atoms with van der Waals surface area (Å²) >= 11 is 7.55. The van der Waals surface area contributed by atoms with E-state index in [1.165, 1.54) is 11.3 Å². The lowest BCUT2D eigenvalue weighted by molar-refractivity contribution is 0.560. The van der Waals surface area contributed by atoms with Gasteiger partial charge in [0, 0.05) is 22.0 Å². The summed E-state index contributed by atoms with van der Waals surface area (Å²) in [6, 6.07) is 17.7. The number of thiophene rings is 1. The van der Waals surface area contributed by atoms with Crippen LogP contribution >= 0.6 is 22.9 Å². The van der Waals surface area contributed by atoms with Gasteiger partial charge in [-0.05, 0) is 30.2 Å². The van der Waals surface area contributed by atoms with E-state index in [4.69, 9.17) is 11.6 Å². The summed E-state index contributed by atoms with van der Waals surface area (Å²) < 4.78 is 0. The van der Waals surface area contributed by atoms with E-state index < -0.39 is 0 Å². The fraction of sp³-hybridized carbons (Fsp3) is 0.143. The molecule has 4 rings (SSSR count). The van der Waals surface area contributed by atoms with Crippen molar-refractivity contribution in [3.05, 3.63) is 86.7 Å². The maximum atomic E-state index is 12.7. The summed E-state index contributed by atoms with van der Waals surface area (Å²) in [5, 5.41) is 6.74. The first-order valence-corrected chi connectivity index (χ1v) is 9.92. The number of nitrogens with one attached hydrogen (secondary N) is 2. The van der Waals surface area contributed by atoms with Crippen LogP contribution in [0.25, 0.3) is 21.3 Å². The maximum absolute atomic E-state index is 12.7. The molecule has 0 bridgehead atoms. The topological polar surface area (TPSA) is 57.8 Å². The number of fused-ring (bicyclic) bond motifs is 1. The van der Waals surface area contributed by atoms with Crippen molar-refractivity contribution in [2.45, 2.75) is 19.5 Å². The van der Waals surface area contributed by atoms with Crippen LogP contribution in [0.15, 0.2) is 64.8 Å². The second-order valence-electron chi connectivity index (χ2n) is 6.37. The first kappa shape index (κ1) is 17.9. The molecule has 0 unspecified atom stereocenters. The van der Waals surface area contributed by atoms with Crippen LogP contribution in [0.5, 0.6) is 0 Å². The van der Waals surface area contributed by atoms with Crippen molar-refractivity contribution in [3.8, 4) is 11.1 Å². The van der Waals surface area contributed by atoms with E-state index in [0.717, 1.165) is 21.5 Å². The predicted octanol–water partition coefficient (Wildman–Crippen LogP) is 5.16. The Morgan fingerprint density at radius 1 is 1.19 bits per heavy atom. The Balaban J connectivity index is 1.58. The van der Waals surface area contributed by atoms with E-state index >= 15 is 0 Å². The number of hydrogen-bond acceptors (Lipinski definition) is 4. The molecule has 0 fully saturated rings. The minimum Gasteiger partial charge on any atom is -0.309 e. The summed E-state index contributed by atoms with van der Waals surface area (Å²) in [6.45, 7) is 2.53. The van der Waals surface area contributed by atoms with Gasteiger partial charge in [0.05, 0.1) is 11.9 Å². The van der Waals surface area contributed by atoms with E-state index in [9.17, 15) is 4.79 Å². The normalized spacial score (nSPS) is 12.4. The van der Waals surface area contributed by atoms with Gasteiger partial charge >= 0.3 is 0 Å². The van der Waals surface area contributed by atoms with E-state index in [1.54, 1.807) is 0 Å². The number of hydrogen-bond donors (Lipinski definition) is 2. The molecule has 2 aromatic heterocycles. The first-order valence-electron chi connectivity index (χ1n) is 8.66. The summed E-state index contributed by atoms with van der Waals surface area (Å²) in [4.78, 5) is 21.0. The average molecular weight is 396 g/mol. The first-order chi connectivity index (χ1) is 13.1. The average Bonchev–Trinajstić information content (AvgIpc) is 3.11. The molecule has 0 aliphatic rings. The molecule has 0 amide bonds. The third-order valence-corrected chi connectivity index (χ3v) is 5.61. The van der Waals surface area contributed by atoms with Crippen LogP contribution in [0.3, 0.4) is 0 Å². The summed E-state index contributed by atoms with van der Waals surface area (Å²) in [5.41, 5.74) is 2.94. The number of benzene rings is 2. The lowest BCUT2D eigenvalue weighted by atomic mass is 10.1. The Hall–Kier alpha value is -2.47. The predicted molar refractivity (Wildman–Crippen MR) is 112 cm³/mol. The smallest absolute Gasteiger partial charge is 0.260 e. The van der Waals surface area contributed by atoms with E-state index in [0.29, 0.717) is 22.8 Å². The van der Waals surface area contributed by atoms with Gasteiger partial charge in [-0.15, -0.1) is 11.3 Å². The lowest BCUT2D eigenvalue weighted by Crippen LogP contribution is -2.22. The third-order valence-electron chi connectivity index (χ3n) is 4.50. The largest absolute Gasteiger partial charge is 0.309 e. The monoisotopic (exact) mass is 395 g/mol. The highest BCUT2D eigenvalue weighted by atomic mass is 35.5. The van der Waals surface area contributed by atoms with Gasteiger partial charge in [0.2, 0.25) is 0 Å². The van der Waals surface area contributed by atoms with Crippen LogP contribution in [0.1, 0.15) is 24.4 Å². The standard InChI is InChI=1S/C21H18ClN3OS/c1-13(15-8-5-9-16(22)10-15)23-11-18-24-20(26)19-17(12-27-21(19)25-18)14-6-3-2-4-7-14/h2-10,12-13,23H,11H2,1H3,(H,24,25,26)/t13-/m0/s1. The van der Waals surface area contributed by atoms with Crippen LogP contribution in [0.4, 0.5) is 0 Å². The molecule has 2 aromatic carbocycles. The van der Waals surface area contributed by atoms with Gasteiger partial charge in [0.1, 0.15) is 10.7 Å². The molecule has 4 nitrogen and oxygen atoms in total. The molecule has 136 valence electrons. The molecule has 0 spiro atoms. The summed E-state index contributed by atoms with van der Waals surface area (Å²) in [6.07, 6.45) is 0.